The predicted octanol–water partition coefficient (Wildman–Crippen LogP) is 3.79. The fourth-order valence-electron chi connectivity index (χ4n) is 2.80. The van der Waals surface area contributed by atoms with Gasteiger partial charge in [-0.25, -0.2) is 5.43 Å². The number of rotatable bonds is 9. The van der Waals surface area contributed by atoms with Crippen molar-refractivity contribution in [3.05, 3.63) is 78.4 Å². The van der Waals surface area contributed by atoms with E-state index in [1.165, 1.54) is 13.3 Å². The van der Waals surface area contributed by atoms with E-state index in [1.54, 1.807) is 18.2 Å². The van der Waals surface area contributed by atoms with Crippen LogP contribution < -0.4 is 19.6 Å². The lowest BCUT2D eigenvalue weighted by molar-refractivity contribution is -0.123. The summed E-state index contributed by atoms with van der Waals surface area (Å²) in [6.07, 6.45) is 1.48. The van der Waals surface area contributed by atoms with Crippen LogP contribution in [0.25, 0.3) is 11.1 Å². The summed E-state index contributed by atoms with van der Waals surface area (Å²) in [5.41, 5.74) is 5.04. The quantitative estimate of drug-likeness (QED) is 0.424. The standard InChI is InChI=1S/C24H21N3O4/c1-29-23-15-18(11-12-22(23)30-14-13-25)16-26-27-24(28)17-31-21-10-6-5-9-20(21)19-7-3-2-4-8-19/h2-12,15-16H,14,17H2,1H3,(H,27,28)/b26-16+. The Balaban J connectivity index is 1.57. The van der Waals surface area contributed by atoms with Crippen LogP contribution in [0, 0.1) is 11.3 Å². The van der Waals surface area contributed by atoms with Crippen molar-refractivity contribution in [2.45, 2.75) is 0 Å². The van der Waals surface area contributed by atoms with Crippen LogP contribution in [0.4, 0.5) is 0 Å². The lowest BCUT2D eigenvalue weighted by Gasteiger charge is -2.11. The van der Waals surface area contributed by atoms with Crippen molar-refractivity contribution in [2.24, 2.45) is 5.10 Å². The highest BCUT2D eigenvalue weighted by molar-refractivity contribution is 5.84. The zero-order valence-corrected chi connectivity index (χ0v) is 16.9. The summed E-state index contributed by atoms with van der Waals surface area (Å²) >= 11 is 0. The van der Waals surface area contributed by atoms with E-state index < -0.39 is 0 Å². The number of carbonyl (C=O) groups is 1. The van der Waals surface area contributed by atoms with Crippen molar-refractivity contribution in [3.8, 4) is 34.4 Å². The molecule has 0 bridgehead atoms. The molecule has 0 aliphatic rings. The molecule has 31 heavy (non-hydrogen) atoms. The second-order valence-electron chi connectivity index (χ2n) is 6.30. The summed E-state index contributed by atoms with van der Waals surface area (Å²) in [5.74, 6) is 1.15. The largest absolute Gasteiger partial charge is 0.493 e. The van der Waals surface area contributed by atoms with E-state index in [2.05, 4.69) is 10.5 Å². The molecular weight excluding hydrogens is 394 g/mol. The molecule has 3 aromatic rings. The first-order valence-electron chi connectivity index (χ1n) is 9.48. The van der Waals surface area contributed by atoms with Gasteiger partial charge in [0.15, 0.2) is 24.7 Å². The van der Waals surface area contributed by atoms with Gasteiger partial charge in [-0.2, -0.15) is 10.4 Å². The number of carbonyl (C=O) groups excluding carboxylic acids is 1. The van der Waals surface area contributed by atoms with E-state index >= 15 is 0 Å². The fourth-order valence-corrected chi connectivity index (χ4v) is 2.80. The Morgan fingerprint density at radius 2 is 1.77 bits per heavy atom. The Kier molecular flexibility index (Phi) is 7.61. The van der Waals surface area contributed by atoms with Gasteiger partial charge in [-0.1, -0.05) is 48.5 Å². The summed E-state index contributed by atoms with van der Waals surface area (Å²) in [6, 6.07) is 24.3. The molecule has 0 aliphatic carbocycles. The van der Waals surface area contributed by atoms with Crippen molar-refractivity contribution in [3.63, 3.8) is 0 Å². The first kappa shape index (κ1) is 21.4. The van der Waals surface area contributed by atoms with Gasteiger partial charge in [0.25, 0.3) is 5.91 Å². The summed E-state index contributed by atoms with van der Waals surface area (Å²) < 4.78 is 16.2. The molecule has 0 unspecified atom stereocenters. The van der Waals surface area contributed by atoms with Crippen molar-refractivity contribution in [2.75, 3.05) is 20.3 Å². The Morgan fingerprint density at radius 1 is 1.00 bits per heavy atom. The van der Waals surface area contributed by atoms with Crippen LogP contribution in [0.5, 0.6) is 17.2 Å². The second-order valence-corrected chi connectivity index (χ2v) is 6.30. The van der Waals surface area contributed by atoms with E-state index in [1.807, 2.05) is 60.7 Å². The Hall–Kier alpha value is -4.31. The molecule has 1 amide bonds. The topological polar surface area (TPSA) is 92.9 Å². The van der Waals surface area contributed by atoms with Crippen LogP contribution in [0.3, 0.4) is 0 Å². The molecule has 0 atom stereocenters. The van der Waals surface area contributed by atoms with Gasteiger partial charge in [-0.15, -0.1) is 0 Å². The molecule has 0 aliphatic heterocycles. The molecule has 0 heterocycles. The second kappa shape index (κ2) is 11.0. The number of hydrogen-bond acceptors (Lipinski definition) is 6. The average molecular weight is 415 g/mol. The number of nitrogens with zero attached hydrogens (tertiary/aromatic N) is 2. The van der Waals surface area contributed by atoms with Crippen LogP contribution in [-0.4, -0.2) is 32.4 Å². The predicted molar refractivity (Wildman–Crippen MR) is 117 cm³/mol. The smallest absolute Gasteiger partial charge is 0.277 e. The maximum atomic E-state index is 12.1. The minimum Gasteiger partial charge on any atom is -0.493 e. The Bertz CT molecular complexity index is 1090. The van der Waals surface area contributed by atoms with E-state index in [9.17, 15) is 4.79 Å². The SMILES string of the molecule is COc1cc(/C=N/NC(=O)COc2ccccc2-c2ccccc2)ccc1OCC#N. The Morgan fingerprint density at radius 3 is 2.55 bits per heavy atom. The van der Waals surface area contributed by atoms with Gasteiger partial charge >= 0.3 is 0 Å². The number of methoxy groups -OCH3 is 1. The van der Waals surface area contributed by atoms with Gasteiger partial charge in [0.1, 0.15) is 11.8 Å². The van der Waals surface area contributed by atoms with E-state index in [4.69, 9.17) is 19.5 Å². The van der Waals surface area contributed by atoms with E-state index in [-0.39, 0.29) is 19.1 Å². The third kappa shape index (κ3) is 6.08. The third-order valence-electron chi connectivity index (χ3n) is 4.21. The number of hydrazone groups is 1. The summed E-state index contributed by atoms with van der Waals surface area (Å²) in [7, 11) is 1.50. The van der Waals surface area contributed by atoms with Crippen molar-refractivity contribution in [1.82, 2.24) is 5.43 Å². The zero-order chi connectivity index (χ0) is 21.9. The van der Waals surface area contributed by atoms with Crippen LogP contribution in [-0.2, 0) is 4.79 Å². The van der Waals surface area contributed by atoms with Gasteiger partial charge in [0.05, 0.1) is 13.3 Å². The molecule has 0 aromatic heterocycles. The van der Waals surface area contributed by atoms with Gasteiger partial charge in [0, 0.05) is 5.56 Å². The molecule has 0 radical (unpaired) electrons. The van der Waals surface area contributed by atoms with Crippen LogP contribution in [0.2, 0.25) is 0 Å². The zero-order valence-electron chi connectivity index (χ0n) is 16.9. The molecule has 0 fully saturated rings. The van der Waals surface area contributed by atoms with Gasteiger partial charge in [0.2, 0.25) is 0 Å². The molecule has 0 spiro atoms. The lowest BCUT2D eigenvalue weighted by Crippen LogP contribution is -2.24. The lowest BCUT2D eigenvalue weighted by atomic mass is 10.1. The Labute approximate surface area is 180 Å². The molecule has 156 valence electrons. The molecule has 0 saturated heterocycles. The normalized spacial score (nSPS) is 10.3. The highest BCUT2D eigenvalue weighted by atomic mass is 16.5. The first-order valence-corrected chi connectivity index (χ1v) is 9.48. The number of para-hydroxylation sites is 1. The van der Waals surface area contributed by atoms with Gasteiger partial charge in [-0.3, -0.25) is 4.79 Å². The number of nitrogens with one attached hydrogen (secondary N) is 1. The third-order valence-corrected chi connectivity index (χ3v) is 4.21. The summed E-state index contributed by atoms with van der Waals surface area (Å²) in [5, 5.41) is 12.6. The average Bonchev–Trinajstić information content (AvgIpc) is 2.82. The van der Waals surface area contributed by atoms with E-state index in [0.717, 1.165) is 11.1 Å². The number of benzene rings is 3. The molecule has 0 saturated carbocycles. The van der Waals surface area contributed by atoms with Gasteiger partial charge < -0.3 is 14.2 Å². The maximum absolute atomic E-state index is 12.1. The van der Waals surface area contributed by atoms with Gasteiger partial charge in [-0.05, 0) is 35.4 Å². The highest BCUT2D eigenvalue weighted by Gasteiger charge is 2.08. The molecule has 7 heteroatoms. The summed E-state index contributed by atoms with van der Waals surface area (Å²) in [6.45, 7) is -0.251. The molecule has 3 rings (SSSR count). The molecular formula is C24H21N3O4. The highest BCUT2D eigenvalue weighted by Crippen LogP contribution is 2.29. The monoisotopic (exact) mass is 415 g/mol. The number of hydrogen-bond donors (Lipinski definition) is 1. The van der Waals surface area contributed by atoms with Crippen LogP contribution >= 0.6 is 0 Å². The van der Waals surface area contributed by atoms with Crippen molar-refractivity contribution >= 4 is 12.1 Å². The minimum absolute atomic E-state index is 0.0761. The van der Waals surface area contributed by atoms with Crippen molar-refractivity contribution < 1.29 is 19.0 Å². The minimum atomic E-state index is -0.389. The molecule has 1 N–H and O–H groups in total. The van der Waals surface area contributed by atoms with Crippen LogP contribution in [0.1, 0.15) is 5.56 Å². The fraction of sp³-hybridized carbons (Fsp3) is 0.125. The summed E-state index contributed by atoms with van der Waals surface area (Å²) in [4.78, 5) is 12.1. The first-order chi connectivity index (χ1) is 15.2. The van der Waals surface area contributed by atoms with E-state index in [0.29, 0.717) is 22.8 Å². The molecule has 7 nitrogen and oxygen atoms in total. The maximum Gasteiger partial charge on any atom is 0.277 e. The van der Waals surface area contributed by atoms with Crippen LogP contribution in [0.15, 0.2) is 77.9 Å². The number of amides is 1. The van der Waals surface area contributed by atoms with Crippen molar-refractivity contribution in [1.29, 1.82) is 5.26 Å². The molecule has 3 aromatic carbocycles. The number of nitriles is 1. The number of ether oxygens (including phenoxy) is 3.